The van der Waals surface area contributed by atoms with Crippen molar-refractivity contribution in [2.24, 2.45) is 0 Å². The summed E-state index contributed by atoms with van der Waals surface area (Å²) in [7, 11) is -15.5. The number of nitrogens with one attached hydrogen (secondary N) is 1. The van der Waals surface area contributed by atoms with E-state index in [4.69, 9.17) is 40.5 Å². The monoisotopic (exact) mass is 887 g/mol. The number of hydrogen-bond donors (Lipinski definition) is 1. The predicted octanol–water partition coefficient (Wildman–Crippen LogP) is 7.60. The van der Waals surface area contributed by atoms with Gasteiger partial charge in [-0.1, -0.05) is 0 Å². The maximum Gasteiger partial charge on any atom is 0.217 e. The summed E-state index contributed by atoms with van der Waals surface area (Å²) in [5.74, 6) is -0.358. The van der Waals surface area contributed by atoms with Gasteiger partial charge in [-0.25, -0.2) is 0 Å². The number of hydrogen-bond acceptors (Lipinski definition) is 11. The van der Waals surface area contributed by atoms with Crippen molar-refractivity contribution in [2.75, 3.05) is 13.2 Å². The number of amides is 1. The number of carbonyl (C=O) groups excluding carboxylic acids is 2. The maximum absolute atomic E-state index is 13.0. The van der Waals surface area contributed by atoms with Crippen LogP contribution in [0.25, 0.3) is 0 Å². The van der Waals surface area contributed by atoms with Gasteiger partial charge in [0.05, 0.1) is 19.3 Å². The average Bonchev–Trinajstić information content (AvgIpc) is 2.89. The Morgan fingerprint density at radius 1 is 0.593 bits per heavy atom. The Bertz CT molecular complexity index is 1170. The first-order valence-electron chi connectivity index (χ1n) is 19.6. The molecule has 320 valence electrons. The van der Waals surface area contributed by atoms with Crippen LogP contribution in [-0.4, -0.2) is 139 Å². The molecular formula is C35H81NO11Si7. The first kappa shape index (κ1) is 52.3. The maximum atomic E-state index is 13.0. The zero-order chi connectivity index (χ0) is 42.5. The van der Waals surface area contributed by atoms with Crippen molar-refractivity contribution in [2.45, 2.75) is 199 Å². The highest BCUT2D eigenvalue weighted by molar-refractivity contribution is 6.72. The van der Waals surface area contributed by atoms with Crippen LogP contribution >= 0.6 is 0 Å². The second kappa shape index (κ2) is 20.0. The Kier molecular flexibility index (Phi) is 19.4. The molecule has 0 bridgehead atoms. The molecule has 1 rings (SSSR count). The number of carbonyl (C=O) groups is 2. The van der Waals surface area contributed by atoms with Gasteiger partial charge in [0.15, 0.2) is 64.5 Å². The third-order valence-corrected chi connectivity index (χ3v) is 14.3. The number of aldehydes is 1. The molecule has 0 spiro atoms. The molecule has 1 N–H and O–H groups in total. The predicted molar refractivity (Wildman–Crippen MR) is 237 cm³/mol. The van der Waals surface area contributed by atoms with Crippen LogP contribution in [0.4, 0.5) is 0 Å². The minimum absolute atomic E-state index is 0.201. The van der Waals surface area contributed by atoms with Gasteiger partial charge in [0.1, 0.15) is 49.0 Å². The molecule has 0 aromatic rings. The lowest BCUT2D eigenvalue weighted by molar-refractivity contribution is -0.314. The summed E-state index contributed by atoms with van der Waals surface area (Å²) in [4.78, 5) is 25.6. The van der Waals surface area contributed by atoms with Gasteiger partial charge in [0, 0.05) is 6.92 Å². The Morgan fingerprint density at radius 3 is 1.43 bits per heavy atom. The van der Waals surface area contributed by atoms with Crippen LogP contribution in [0.15, 0.2) is 0 Å². The lowest BCUT2D eigenvalue weighted by Gasteiger charge is -2.52. The Labute approximate surface area is 337 Å². The van der Waals surface area contributed by atoms with E-state index in [2.05, 4.69) is 123 Å². The topological polar surface area (TPSA) is 129 Å². The van der Waals surface area contributed by atoms with Gasteiger partial charge in [0.2, 0.25) is 5.91 Å². The van der Waals surface area contributed by atoms with E-state index in [1.807, 2.05) is 19.6 Å². The zero-order valence-electron chi connectivity index (χ0n) is 38.2. The lowest BCUT2D eigenvalue weighted by Crippen LogP contribution is -2.68. The van der Waals surface area contributed by atoms with Crippen LogP contribution in [-0.2, 0) is 50.0 Å². The summed E-state index contributed by atoms with van der Waals surface area (Å²) in [6.07, 6.45) is -5.12. The van der Waals surface area contributed by atoms with Crippen LogP contribution in [0.2, 0.25) is 137 Å². The van der Waals surface area contributed by atoms with Crippen LogP contribution in [0.1, 0.15) is 6.92 Å². The normalized spacial score (nSPS) is 24.8. The zero-order valence-corrected chi connectivity index (χ0v) is 45.2. The first-order valence-corrected chi connectivity index (χ1v) is 43.4. The van der Waals surface area contributed by atoms with E-state index in [1.54, 1.807) is 0 Å². The van der Waals surface area contributed by atoms with Gasteiger partial charge in [-0.3, -0.25) is 4.79 Å². The third kappa shape index (κ3) is 21.9. The fourth-order valence-electron chi connectivity index (χ4n) is 5.78. The fourth-order valence-corrected chi connectivity index (χ4v) is 12.6. The standard InChI is InChI=1S/C35H81NO11Si7/c1-26(38)36-27(23-37)30(44-51(11,12)13)31(29(43-50(8,9)10)25-40-49(5,6)7)42-35-34(47-54(20,21)22)33(46-53(17,18)19)32(45-52(14,15)16)28(41-35)24-39-48(2,3)4/h23,27-35H,24-25H2,1-22H3,(H,36,38)/t27-,28+,29+,30+,31+,32+,33-,34-,35-/m0/s1. The van der Waals surface area contributed by atoms with E-state index in [0.29, 0.717) is 0 Å². The van der Waals surface area contributed by atoms with E-state index in [1.165, 1.54) is 6.92 Å². The molecule has 0 unspecified atom stereocenters. The summed E-state index contributed by atoms with van der Waals surface area (Å²) < 4.78 is 62.5. The van der Waals surface area contributed by atoms with Crippen molar-refractivity contribution in [1.29, 1.82) is 0 Å². The number of ether oxygens (including phenoxy) is 2. The Balaban J connectivity index is 4.27. The molecule has 0 saturated carbocycles. The molecule has 1 aliphatic rings. The van der Waals surface area contributed by atoms with Crippen LogP contribution in [0.5, 0.6) is 0 Å². The molecule has 0 aliphatic carbocycles. The molecule has 54 heavy (non-hydrogen) atoms. The van der Waals surface area contributed by atoms with Crippen LogP contribution in [0, 0.1) is 0 Å². The molecule has 0 aromatic carbocycles. The molecule has 1 saturated heterocycles. The summed E-state index contributed by atoms with van der Waals surface area (Å²) in [5, 5.41) is 2.85. The van der Waals surface area contributed by atoms with Crippen molar-refractivity contribution in [3.8, 4) is 0 Å². The van der Waals surface area contributed by atoms with Crippen LogP contribution < -0.4 is 5.32 Å². The smallest absolute Gasteiger partial charge is 0.217 e. The first-order chi connectivity index (χ1) is 23.9. The van der Waals surface area contributed by atoms with Crippen molar-refractivity contribution < 1.29 is 50.0 Å². The highest BCUT2D eigenvalue weighted by atomic mass is 28.4. The van der Waals surface area contributed by atoms with Gasteiger partial charge < -0.3 is 50.6 Å². The molecule has 9 atom stereocenters. The molecule has 1 amide bonds. The molecular weight excluding hydrogens is 807 g/mol. The summed E-state index contributed by atoms with van der Waals surface area (Å²) >= 11 is 0. The summed E-state index contributed by atoms with van der Waals surface area (Å²) in [5.41, 5.74) is 0. The van der Waals surface area contributed by atoms with E-state index in [-0.39, 0.29) is 19.1 Å². The van der Waals surface area contributed by atoms with Crippen molar-refractivity contribution in [3.63, 3.8) is 0 Å². The molecule has 12 nitrogen and oxygen atoms in total. The highest BCUT2D eigenvalue weighted by Gasteiger charge is 2.54. The average molecular weight is 889 g/mol. The summed E-state index contributed by atoms with van der Waals surface area (Å²) in [6.45, 7) is 46.6. The quantitative estimate of drug-likeness (QED) is 0.0805. The number of rotatable bonds is 23. The minimum Gasteiger partial charge on any atom is -0.415 e. The molecule has 19 heteroatoms. The second-order valence-electron chi connectivity index (χ2n) is 21.4. The summed E-state index contributed by atoms with van der Waals surface area (Å²) in [6, 6.07) is -1.04. The SMILES string of the molecule is CC(=O)N[C@@H](C=O)[C@@H](O[Si](C)(C)C)[C@H](O[C@@H]1O[C@H](CO[Si](C)(C)C)[C@@H](O[Si](C)(C)C)[C@H](O[Si](C)(C)C)[C@@H]1O[Si](C)(C)C)[C@@H](CO[Si](C)(C)C)O[Si](C)(C)C. The van der Waals surface area contributed by atoms with E-state index in [9.17, 15) is 9.59 Å². The van der Waals surface area contributed by atoms with Crippen molar-refractivity contribution in [3.05, 3.63) is 0 Å². The van der Waals surface area contributed by atoms with Crippen molar-refractivity contribution in [1.82, 2.24) is 5.32 Å². The Hall–Kier alpha value is 0.298. The van der Waals surface area contributed by atoms with E-state index in [0.717, 1.165) is 6.29 Å². The van der Waals surface area contributed by atoms with Gasteiger partial charge >= 0.3 is 0 Å². The van der Waals surface area contributed by atoms with E-state index < -0.39 is 113 Å². The Morgan fingerprint density at radius 2 is 1.04 bits per heavy atom. The molecule has 0 aromatic heterocycles. The molecule has 1 heterocycles. The lowest BCUT2D eigenvalue weighted by atomic mass is 9.98. The minimum atomic E-state index is -2.41. The molecule has 1 fully saturated rings. The second-order valence-corrected chi connectivity index (χ2v) is 52.7. The van der Waals surface area contributed by atoms with Gasteiger partial charge in [-0.05, 0) is 137 Å². The molecule has 1 aliphatic heterocycles. The largest absolute Gasteiger partial charge is 0.415 e. The fraction of sp³-hybridized carbons (Fsp3) is 0.943. The van der Waals surface area contributed by atoms with E-state index >= 15 is 0 Å². The van der Waals surface area contributed by atoms with Gasteiger partial charge in [-0.15, -0.1) is 0 Å². The van der Waals surface area contributed by atoms with Gasteiger partial charge in [-0.2, -0.15) is 0 Å². The third-order valence-electron chi connectivity index (χ3n) is 7.27. The van der Waals surface area contributed by atoms with Gasteiger partial charge in [0.25, 0.3) is 0 Å². The molecule has 0 radical (unpaired) electrons. The highest BCUT2D eigenvalue weighted by Crippen LogP contribution is 2.37. The van der Waals surface area contributed by atoms with Crippen LogP contribution in [0.3, 0.4) is 0 Å². The van der Waals surface area contributed by atoms with Crippen molar-refractivity contribution >= 4 is 70.4 Å².